The number of benzene rings is 2. The minimum Gasteiger partial charge on any atom is -0.384 e. The van der Waals surface area contributed by atoms with E-state index in [9.17, 15) is 4.79 Å². The molecule has 0 saturated carbocycles. The van der Waals surface area contributed by atoms with Gasteiger partial charge in [-0.25, -0.2) is 0 Å². The standard InChI is InChI=1S/C17H14ClNO2/c1-12-11-14(8-9-15(12)18)17(21)19-16-7-3-2-5-13(16)6-4-10-20/h2-3,5,7-9,11,20H,10H2,1H3,(H,19,21). The largest absolute Gasteiger partial charge is 0.384 e. The Morgan fingerprint density at radius 2 is 2.05 bits per heavy atom. The van der Waals surface area contributed by atoms with Gasteiger partial charge in [-0.05, 0) is 42.8 Å². The van der Waals surface area contributed by atoms with Crippen LogP contribution in [0, 0.1) is 18.8 Å². The van der Waals surface area contributed by atoms with Gasteiger partial charge in [0.05, 0.1) is 5.69 Å². The number of carbonyl (C=O) groups excluding carboxylic acids is 1. The van der Waals surface area contributed by atoms with Crippen LogP contribution in [0.3, 0.4) is 0 Å². The summed E-state index contributed by atoms with van der Waals surface area (Å²) in [6.07, 6.45) is 0. The molecule has 3 nitrogen and oxygen atoms in total. The van der Waals surface area contributed by atoms with Crippen molar-refractivity contribution in [2.24, 2.45) is 0 Å². The molecule has 0 aliphatic carbocycles. The summed E-state index contributed by atoms with van der Waals surface area (Å²) in [4.78, 5) is 12.3. The van der Waals surface area contributed by atoms with Crippen molar-refractivity contribution in [1.82, 2.24) is 0 Å². The fourth-order valence-electron chi connectivity index (χ4n) is 1.82. The molecule has 21 heavy (non-hydrogen) atoms. The molecule has 0 aliphatic heterocycles. The first kappa shape index (κ1) is 15.1. The smallest absolute Gasteiger partial charge is 0.255 e. The zero-order chi connectivity index (χ0) is 15.2. The zero-order valence-electron chi connectivity index (χ0n) is 11.5. The lowest BCUT2D eigenvalue weighted by Gasteiger charge is -2.08. The molecule has 0 radical (unpaired) electrons. The third-order valence-corrected chi connectivity index (χ3v) is 3.32. The van der Waals surface area contributed by atoms with E-state index in [-0.39, 0.29) is 12.5 Å². The number of para-hydroxylation sites is 1. The molecule has 0 unspecified atom stereocenters. The van der Waals surface area contributed by atoms with Crippen LogP contribution in [0.25, 0.3) is 0 Å². The Bertz CT molecular complexity index is 729. The maximum atomic E-state index is 12.3. The normalized spacial score (nSPS) is 9.67. The van der Waals surface area contributed by atoms with Crippen LogP contribution in [0.2, 0.25) is 5.02 Å². The van der Waals surface area contributed by atoms with Gasteiger partial charge in [-0.15, -0.1) is 0 Å². The van der Waals surface area contributed by atoms with Crippen LogP contribution in [0.1, 0.15) is 21.5 Å². The van der Waals surface area contributed by atoms with Gasteiger partial charge in [-0.2, -0.15) is 0 Å². The van der Waals surface area contributed by atoms with Crippen molar-refractivity contribution in [3.8, 4) is 11.8 Å². The molecule has 0 saturated heterocycles. The number of hydrogen-bond donors (Lipinski definition) is 2. The Labute approximate surface area is 128 Å². The van der Waals surface area contributed by atoms with Crippen molar-refractivity contribution in [2.45, 2.75) is 6.92 Å². The fraction of sp³-hybridized carbons (Fsp3) is 0.118. The maximum absolute atomic E-state index is 12.3. The zero-order valence-corrected chi connectivity index (χ0v) is 12.2. The highest BCUT2D eigenvalue weighted by Gasteiger charge is 2.09. The summed E-state index contributed by atoms with van der Waals surface area (Å²) in [6, 6.07) is 12.3. The summed E-state index contributed by atoms with van der Waals surface area (Å²) >= 11 is 5.95. The maximum Gasteiger partial charge on any atom is 0.255 e. The quantitative estimate of drug-likeness (QED) is 0.836. The van der Waals surface area contributed by atoms with Crippen LogP contribution in [-0.4, -0.2) is 17.6 Å². The number of anilines is 1. The summed E-state index contributed by atoms with van der Waals surface area (Å²) in [5.74, 6) is 5.15. The Kier molecular flexibility index (Phi) is 4.99. The lowest BCUT2D eigenvalue weighted by Crippen LogP contribution is -2.13. The number of rotatable bonds is 2. The van der Waals surface area contributed by atoms with Crippen molar-refractivity contribution in [3.63, 3.8) is 0 Å². The van der Waals surface area contributed by atoms with Gasteiger partial charge in [-0.3, -0.25) is 4.79 Å². The Hall–Kier alpha value is -2.28. The number of aryl methyl sites for hydroxylation is 1. The molecule has 1 amide bonds. The molecule has 2 aromatic carbocycles. The van der Waals surface area contributed by atoms with Crippen LogP contribution in [0.4, 0.5) is 5.69 Å². The predicted molar refractivity (Wildman–Crippen MR) is 84.5 cm³/mol. The first-order valence-electron chi connectivity index (χ1n) is 6.38. The molecule has 2 N–H and O–H groups in total. The summed E-state index contributed by atoms with van der Waals surface area (Å²) in [5, 5.41) is 12.2. The average molecular weight is 300 g/mol. The average Bonchev–Trinajstić information content (AvgIpc) is 2.49. The summed E-state index contributed by atoms with van der Waals surface area (Å²) in [6.45, 7) is 1.62. The predicted octanol–water partition coefficient (Wildman–Crippen LogP) is 3.24. The molecule has 0 aromatic heterocycles. The number of hydrogen-bond acceptors (Lipinski definition) is 2. The lowest BCUT2D eigenvalue weighted by molar-refractivity contribution is 0.102. The van der Waals surface area contributed by atoms with E-state index in [1.54, 1.807) is 30.3 Å². The van der Waals surface area contributed by atoms with Crippen molar-refractivity contribution in [2.75, 3.05) is 11.9 Å². The summed E-state index contributed by atoms with van der Waals surface area (Å²) in [5.41, 5.74) is 2.64. The first-order chi connectivity index (χ1) is 10.1. The Morgan fingerprint density at radius 3 is 2.76 bits per heavy atom. The second-order valence-corrected chi connectivity index (χ2v) is 4.83. The number of aliphatic hydroxyl groups excluding tert-OH is 1. The molecular weight excluding hydrogens is 286 g/mol. The molecule has 0 aliphatic rings. The lowest BCUT2D eigenvalue weighted by atomic mass is 10.1. The number of carbonyl (C=O) groups is 1. The van der Waals surface area contributed by atoms with E-state index in [4.69, 9.17) is 16.7 Å². The van der Waals surface area contributed by atoms with Gasteiger partial charge in [0, 0.05) is 16.1 Å². The van der Waals surface area contributed by atoms with Crippen molar-refractivity contribution < 1.29 is 9.90 Å². The third kappa shape index (κ3) is 3.85. The third-order valence-electron chi connectivity index (χ3n) is 2.90. The highest BCUT2D eigenvalue weighted by Crippen LogP contribution is 2.19. The molecule has 0 fully saturated rings. The van der Waals surface area contributed by atoms with Gasteiger partial charge in [0.25, 0.3) is 5.91 Å². The van der Waals surface area contributed by atoms with Crippen molar-refractivity contribution in [3.05, 3.63) is 64.2 Å². The minimum absolute atomic E-state index is 0.224. The monoisotopic (exact) mass is 299 g/mol. The highest BCUT2D eigenvalue weighted by molar-refractivity contribution is 6.31. The molecular formula is C17H14ClNO2. The molecule has 2 rings (SSSR count). The first-order valence-corrected chi connectivity index (χ1v) is 6.76. The van der Waals surface area contributed by atoms with Crippen LogP contribution in [-0.2, 0) is 0 Å². The van der Waals surface area contributed by atoms with Gasteiger partial charge in [-0.1, -0.05) is 35.6 Å². The highest BCUT2D eigenvalue weighted by atomic mass is 35.5. The molecule has 0 atom stereocenters. The topological polar surface area (TPSA) is 49.3 Å². The van der Waals surface area contributed by atoms with Crippen LogP contribution >= 0.6 is 11.6 Å². The molecule has 2 aromatic rings. The van der Waals surface area contributed by atoms with E-state index < -0.39 is 0 Å². The fourth-order valence-corrected chi connectivity index (χ4v) is 1.93. The Balaban J connectivity index is 2.25. The van der Waals surface area contributed by atoms with Gasteiger partial charge < -0.3 is 10.4 Å². The van der Waals surface area contributed by atoms with Gasteiger partial charge in [0.1, 0.15) is 6.61 Å². The van der Waals surface area contributed by atoms with Crippen LogP contribution < -0.4 is 5.32 Å². The van der Waals surface area contributed by atoms with Crippen molar-refractivity contribution in [1.29, 1.82) is 0 Å². The summed E-state index contributed by atoms with van der Waals surface area (Å²) in [7, 11) is 0. The minimum atomic E-state index is -0.229. The van der Waals surface area contributed by atoms with E-state index in [1.165, 1.54) is 0 Å². The molecule has 0 heterocycles. The second kappa shape index (κ2) is 6.94. The van der Waals surface area contributed by atoms with E-state index in [2.05, 4.69) is 17.2 Å². The van der Waals surface area contributed by atoms with E-state index in [1.807, 2.05) is 19.1 Å². The van der Waals surface area contributed by atoms with Gasteiger partial charge in [0.2, 0.25) is 0 Å². The van der Waals surface area contributed by atoms with Crippen LogP contribution in [0.5, 0.6) is 0 Å². The van der Waals surface area contributed by atoms with Crippen molar-refractivity contribution >= 4 is 23.2 Å². The Morgan fingerprint density at radius 1 is 1.29 bits per heavy atom. The number of aliphatic hydroxyl groups is 1. The molecule has 106 valence electrons. The van der Waals surface area contributed by atoms with Crippen LogP contribution in [0.15, 0.2) is 42.5 Å². The molecule has 0 spiro atoms. The van der Waals surface area contributed by atoms with E-state index >= 15 is 0 Å². The molecule has 0 bridgehead atoms. The number of amides is 1. The number of nitrogens with one attached hydrogen (secondary N) is 1. The van der Waals surface area contributed by atoms with E-state index in [0.717, 1.165) is 5.56 Å². The van der Waals surface area contributed by atoms with E-state index in [0.29, 0.717) is 21.8 Å². The number of halogens is 1. The molecule has 4 heteroatoms. The SMILES string of the molecule is Cc1cc(C(=O)Nc2ccccc2C#CCO)ccc1Cl. The second-order valence-electron chi connectivity index (χ2n) is 4.42. The van der Waals surface area contributed by atoms with Gasteiger partial charge in [0.15, 0.2) is 0 Å². The van der Waals surface area contributed by atoms with Gasteiger partial charge >= 0.3 is 0 Å². The summed E-state index contributed by atoms with van der Waals surface area (Å²) < 4.78 is 0.